The standard InChI is InChI=1S/C17H25NO5/c1-4-22-13-7-9-14(10-8-13)23-11-5-6-15(19)18-16(12(2)3)17(20)21/h7-10,12,16H,4-6,11H2,1-3H3,(H,18,19)(H,20,21)/t16-/m1/s1. The molecule has 23 heavy (non-hydrogen) atoms. The number of carbonyl (C=O) groups is 2. The van der Waals surface area contributed by atoms with E-state index in [-0.39, 0.29) is 18.2 Å². The number of benzene rings is 1. The Kier molecular flexibility index (Phi) is 7.94. The molecule has 0 saturated carbocycles. The van der Waals surface area contributed by atoms with E-state index in [1.807, 2.05) is 31.2 Å². The van der Waals surface area contributed by atoms with Crippen LogP contribution in [0.15, 0.2) is 24.3 Å². The van der Waals surface area contributed by atoms with E-state index in [0.29, 0.717) is 25.4 Å². The normalized spacial score (nSPS) is 11.8. The molecule has 0 bridgehead atoms. The molecule has 128 valence electrons. The quantitative estimate of drug-likeness (QED) is 0.646. The van der Waals surface area contributed by atoms with Gasteiger partial charge in [-0.25, -0.2) is 4.79 Å². The molecule has 0 unspecified atom stereocenters. The maximum atomic E-state index is 11.7. The Morgan fingerprint density at radius 2 is 1.70 bits per heavy atom. The zero-order chi connectivity index (χ0) is 17.2. The van der Waals surface area contributed by atoms with E-state index in [1.54, 1.807) is 13.8 Å². The molecule has 0 aliphatic heterocycles. The summed E-state index contributed by atoms with van der Waals surface area (Å²) in [7, 11) is 0. The summed E-state index contributed by atoms with van der Waals surface area (Å²) in [5.41, 5.74) is 0. The fraction of sp³-hybridized carbons (Fsp3) is 0.529. The van der Waals surface area contributed by atoms with Crippen molar-refractivity contribution >= 4 is 11.9 Å². The SMILES string of the molecule is CCOc1ccc(OCCCC(=O)N[C@@H](C(=O)O)C(C)C)cc1. The second-order valence-corrected chi connectivity index (χ2v) is 5.48. The third-order valence-corrected chi connectivity index (χ3v) is 3.20. The van der Waals surface area contributed by atoms with E-state index in [4.69, 9.17) is 14.6 Å². The summed E-state index contributed by atoms with van der Waals surface area (Å²) in [6.45, 7) is 6.44. The summed E-state index contributed by atoms with van der Waals surface area (Å²) in [6.07, 6.45) is 0.747. The lowest BCUT2D eigenvalue weighted by atomic mass is 10.0. The Hall–Kier alpha value is -2.24. The number of aliphatic carboxylic acids is 1. The van der Waals surface area contributed by atoms with E-state index >= 15 is 0 Å². The van der Waals surface area contributed by atoms with Crippen LogP contribution in [-0.2, 0) is 9.59 Å². The molecule has 0 heterocycles. The predicted molar refractivity (Wildman–Crippen MR) is 86.7 cm³/mol. The highest BCUT2D eigenvalue weighted by Gasteiger charge is 2.22. The molecule has 6 nitrogen and oxygen atoms in total. The van der Waals surface area contributed by atoms with E-state index in [2.05, 4.69) is 5.32 Å². The summed E-state index contributed by atoms with van der Waals surface area (Å²) in [5.74, 6) is 0.0454. The monoisotopic (exact) mass is 323 g/mol. The summed E-state index contributed by atoms with van der Waals surface area (Å²) < 4.78 is 10.9. The summed E-state index contributed by atoms with van der Waals surface area (Å²) in [4.78, 5) is 22.8. The van der Waals surface area contributed by atoms with Crippen molar-refractivity contribution in [1.29, 1.82) is 0 Å². The van der Waals surface area contributed by atoms with E-state index in [0.717, 1.165) is 5.75 Å². The lowest BCUT2D eigenvalue weighted by Crippen LogP contribution is -2.44. The van der Waals surface area contributed by atoms with Gasteiger partial charge in [0.1, 0.15) is 17.5 Å². The molecule has 0 aromatic heterocycles. The van der Waals surface area contributed by atoms with Crippen LogP contribution in [0.5, 0.6) is 11.5 Å². The summed E-state index contributed by atoms with van der Waals surface area (Å²) >= 11 is 0. The molecule has 1 aromatic carbocycles. The molecule has 0 aliphatic rings. The average Bonchev–Trinajstić information content (AvgIpc) is 2.50. The Morgan fingerprint density at radius 3 is 2.17 bits per heavy atom. The second-order valence-electron chi connectivity index (χ2n) is 5.48. The first-order chi connectivity index (χ1) is 10.9. The van der Waals surface area contributed by atoms with E-state index in [9.17, 15) is 9.59 Å². The van der Waals surface area contributed by atoms with Gasteiger partial charge in [-0.15, -0.1) is 0 Å². The second kappa shape index (κ2) is 9.71. The minimum absolute atomic E-state index is 0.156. The molecular weight excluding hydrogens is 298 g/mol. The van der Waals surface area contributed by atoms with Gasteiger partial charge < -0.3 is 19.9 Å². The molecule has 0 spiro atoms. The predicted octanol–water partition coefficient (Wildman–Crippen LogP) is 2.47. The molecule has 2 N–H and O–H groups in total. The number of carbonyl (C=O) groups excluding carboxylic acids is 1. The molecular formula is C17H25NO5. The maximum absolute atomic E-state index is 11.7. The van der Waals surface area contributed by atoms with Crippen molar-refractivity contribution in [2.45, 2.75) is 39.7 Å². The van der Waals surface area contributed by atoms with Crippen molar-refractivity contribution in [3.05, 3.63) is 24.3 Å². The first-order valence-electron chi connectivity index (χ1n) is 7.81. The van der Waals surface area contributed by atoms with Gasteiger partial charge in [-0.3, -0.25) is 4.79 Å². The highest BCUT2D eigenvalue weighted by atomic mass is 16.5. The van der Waals surface area contributed by atoms with Crippen LogP contribution >= 0.6 is 0 Å². The minimum Gasteiger partial charge on any atom is -0.494 e. The highest BCUT2D eigenvalue weighted by molar-refractivity contribution is 5.83. The number of amides is 1. The smallest absolute Gasteiger partial charge is 0.326 e. The average molecular weight is 323 g/mol. The number of nitrogens with one attached hydrogen (secondary N) is 1. The van der Waals surface area contributed by atoms with Crippen molar-refractivity contribution in [1.82, 2.24) is 5.32 Å². The van der Waals surface area contributed by atoms with Gasteiger partial charge in [-0.1, -0.05) is 13.8 Å². The van der Waals surface area contributed by atoms with Gasteiger partial charge in [-0.05, 0) is 43.5 Å². The number of hydrogen-bond acceptors (Lipinski definition) is 4. The van der Waals surface area contributed by atoms with Gasteiger partial charge in [-0.2, -0.15) is 0 Å². The molecule has 1 amide bonds. The third-order valence-electron chi connectivity index (χ3n) is 3.20. The van der Waals surface area contributed by atoms with Crippen LogP contribution in [0, 0.1) is 5.92 Å². The van der Waals surface area contributed by atoms with Crippen LogP contribution in [0.25, 0.3) is 0 Å². The maximum Gasteiger partial charge on any atom is 0.326 e. The van der Waals surface area contributed by atoms with E-state index in [1.165, 1.54) is 0 Å². The first kappa shape index (κ1) is 18.8. The molecule has 0 saturated heterocycles. The zero-order valence-corrected chi connectivity index (χ0v) is 13.9. The van der Waals surface area contributed by atoms with Crippen LogP contribution in [0.3, 0.4) is 0 Å². The Morgan fingerprint density at radius 1 is 1.13 bits per heavy atom. The molecule has 6 heteroatoms. The lowest BCUT2D eigenvalue weighted by Gasteiger charge is -2.17. The van der Waals surface area contributed by atoms with Gasteiger partial charge in [0.05, 0.1) is 13.2 Å². The third kappa shape index (κ3) is 7.04. The largest absolute Gasteiger partial charge is 0.494 e. The van der Waals surface area contributed by atoms with Gasteiger partial charge in [0.2, 0.25) is 5.91 Å². The first-order valence-corrected chi connectivity index (χ1v) is 7.81. The van der Waals surface area contributed by atoms with Crippen LogP contribution in [-0.4, -0.2) is 36.2 Å². The van der Waals surface area contributed by atoms with E-state index < -0.39 is 12.0 Å². The van der Waals surface area contributed by atoms with Gasteiger partial charge in [0.25, 0.3) is 0 Å². The van der Waals surface area contributed by atoms with Crippen LogP contribution in [0.1, 0.15) is 33.6 Å². The molecule has 1 atom stereocenters. The topological polar surface area (TPSA) is 84.9 Å². The Bertz CT molecular complexity index is 498. The molecule has 1 aromatic rings. The van der Waals surface area contributed by atoms with Crippen molar-refractivity contribution in [3.8, 4) is 11.5 Å². The number of hydrogen-bond donors (Lipinski definition) is 2. The molecule has 0 aliphatic carbocycles. The highest BCUT2D eigenvalue weighted by Crippen LogP contribution is 2.17. The van der Waals surface area contributed by atoms with Gasteiger partial charge >= 0.3 is 5.97 Å². The molecule has 1 rings (SSSR count). The number of carboxylic acid groups (broad SMARTS) is 1. The fourth-order valence-electron chi connectivity index (χ4n) is 1.98. The van der Waals surface area contributed by atoms with Crippen LogP contribution in [0.4, 0.5) is 0 Å². The molecule has 0 radical (unpaired) electrons. The summed E-state index contributed by atoms with van der Waals surface area (Å²) in [6, 6.07) is 6.42. The number of ether oxygens (including phenoxy) is 2. The van der Waals surface area contributed by atoms with Crippen molar-refractivity contribution in [2.24, 2.45) is 5.92 Å². The van der Waals surface area contributed by atoms with Crippen molar-refractivity contribution < 1.29 is 24.2 Å². The lowest BCUT2D eigenvalue weighted by molar-refractivity contribution is -0.143. The summed E-state index contributed by atoms with van der Waals surface area (Å²) in [5, 5.41) is 11.5. The van der Waals surface area contributed by atoms with Crippen LogP contribution < -0.4 is 14.8 Å². The Labute approximate surface area is 136 Å². The zero-order valence-electron chi connectivity index (χ0n) is 13.9. The van der Waals surface area contributed by atoms with Crippen LogP contribution in [0.2, 0.25) is 0 Å². The number of rotatable bonds is 10. The van der Waals surface area contributed by atoms with Crippen molar-refractivity contribution in [2.75, 3.05) is 13.2 Å². The van der Waals surface area contributed by atoms with Gasteiger partial charge in [0.15, 0.2) is 0 Å². The Balaban J connectivity index is 2.28. The van der Waals surface area contributed by atoms with Crippen molar-refractivity contribution in [3.63, 3.8) is 0 Å². The minimum atomic E-state index is -1.01. The number of carboxylic acids is 1. The van der Waals surface area contributed by atoms with Gasteiger partial charge in [0, 0.05) is 6.42 Å². The molecule has 0 fully saturated rings. The fourth-order valence-corrected chi connectivity index (χ4v) is 1.98.